The van der Waals surface area contributed by atoms with Crippen LogP contribution < -0.4 is 11.0 Å². The molecule has 1 aliphatic heterocycles. The van der Waals surface area contributed by atoms with Crippen LogP contribution in [0.25, 0.3) is 0 Å². The number of rotatable bonds is 2. The monoisotopic (exact) mass is 181 g/mol. The van der Waals surface area contributed by atoms with Crippen LogP contribution in [0.1, 0.15) is 20.3 Å². The minimum atomic E-state index is 0.956. The highest BCUT2D eigenvalue weighted by atomic mass is 15.7. The Labute approximate surface area is 80.8 Å². The molecule has 0 aromatic heterocycles. The first-order chi connectivity index (χ1) is 6.21. The minimum absolute atomic E-state index is 0.956. The molecule has 0 aromatic rings. The van der Waals surface area contributed by atoms with E-state index in [1.54, 1.807) is 12.2 Å². The van der Waals surface area contributed by atoms with Gasteiger partial charge in [-0.1, -0.05) is 33.4 Å². The molecule has 1 heterocycles. The smallest absolute Gasteiger partial charge is 0.0773 e. The molecule has 0 saturated carbocycles. The van der Waals surface area contributed by atoms with Crippen molar-refractivity contribution in [2.45, 2.75) is 20.3 Å². The van der Waals surface area contributed by atoms with Crippen molar-refractivity contribution in [3.63, 3.8) is 0 Å². The fourth-order valence-electron chi connectivity index (χ4n) is 0.852. The van der Waals surface area contributed by atoms with Crippen LogP contribution in [0, 0.1) is 0 Å². The summed E-state index contributed by atoms with van der Waals surface area (Å²) in [6.07, 6.45) is 4.76. The summed E-state index contributed by atoms with van der Waals surface area (Å²) in [6.45, 7) is 11.6. The lowest BCUT2D eigenvalue weighted by molar-refractivity contribution is 0.313. The predicted molar refractivity (Wildman–Crippen MR) is 57.4 cm³/mol. The highest BCUT2D eigenvalue weighted by Crippen LogP contribution is 2.10. The molecule has 0 bridgehead atoms. The van der Waals surface area contributed by atoms with E-state index in [1.807, 2.05) is 12.1 Å². The molecule has 0 atom stereocenters. The van der Waals surface area contributed by atoms with Crippen molar-refractivity contribution >= 4 is 0 Å². The van der Waals surface area contributed by atoms with E-state index in [-0.39, 0.29) is 0 Å². The predicted octanol–water partition coefficient (Wildman–Crippen LogP) is 1.94. The van der Waals surface area contributed by atoms with Gasteiger partial charge in [0.15, 0.2) is 0 Å². The van der Waals surface area contributed by atoms with Gasteiger partial charge in [-0.15, -0.1) is 5.53 Å². The number of allylic oxidation sites excluding steroid dienone is 2. The highest BCUT2D eigenvalue weighted by Gasteiger charge is 2.11. The first-order valence-electron chi connectivity index (χ1n) is 4.45. The average Bonchev–Trinajstić information content (AvgIpc) is 2.47. The lowest BCUT2D eigenvalue weighted by atomic mass is 10.3. The van der Waals surface area contributed by atoms with Crippen LogP contribution in [0.2, 0.25) is 0 Å². The third-order valence-corrected chi connectivity index (χ3v) is 1.39. The van der Waals surface area contributed by atoms with E-state index >= 15 is 0 Å². The Morgan fingerprint density at radius 1 is 1.31 bits per heavy atom. The van der Waals surface area contributed by atoms with E-state index in [9.17, 15) is 0 Å². The van der Waals surface area contributed by atoms with E-state index in [1.165, 1.54) is 6.42 Å². The first-order valence-corrected chi connectivity index (χ1v) is 4.45. The second-order valence-corrected chi connectivity index (χ2v) is 2.71. The Hall–Kier alpha value is -1.22. The molecular formula is C10H19N3. The molecule has 2 N–H and O–H groups in total. The molecule has 3 nitrogen and oxygen atoms in total. The molecule has 0 aromatic carbocycles. The molecule has 3 heteroatoms. The largest absolute Gasteiger partial charge is 0.302 e. The number of hydrazine groups is 2. The summed E-state index contributed by atoms with van der Waals surface area (Å²) >= 11 is 0. The SMILES string of the molecule is C=CC1=C(C=C)N(C)NN1.CCC. The third kappa shape index (κ3) is 3.34. The van der Waals surface area contributed by atoms with Gasteiger partial charge in [0.2, 0.25) is 0 Å². The Morgan fingerprint density at radius 2 is 1.85 bits per heavy atom. The molecule has 13 heavy (non-hydrogen) atoms. The zero-order chi connectivity index (χ0) is 10.3. The Kier molecular flexibility index (Phi) is 5.72. The number of nitrogens with one attached hydrogen (secondary N) is 2. The maximum Gasteiger partial charge on any atom is 0.0773 e. The van der Waals surface area contributed by atoms with Gasteiger partial charge in [-0.25, -0.2) is 0 Å². The van der Waals surface area contributed by atoms with Crippen molar-refractivity contribution < 1.29 is 0 Å². The summed E-state index contributed by atoms with van der Waals surface area (Å²) in [7, 11) is 1.90. The Bertz CT molecular complexity index is 206. The zero-order valence-corrected chi connectivity index (χ0v) is 8.72. The molecule has 1 rings (SSSR count). The quantitative estimate of drug-likeness (QED) is 0.681. The normalized spacial score (nSPS) is 14.5. The van der Waals surface area contributed by atoms with Crippen LogP contribution in [0.5, 0.6) is 0 Å². The Balaban J connectivity index is 0.000000424. The van der Waals surface area contributed by atoms with Gasteiger partial charge in [0, 0.05) is 7.05 Å². The molecule has 1 aliphatic rings. The van der Waals surface area contributed by atoms with Crippen molar-refractivity contribution in [3.05, 3.63) is 36.7 Å². The molecule has 0 unspecified atom stereocenters. The van der Waals surface area contributed by atoms with Gasteiger partial charge in [0.25, 0.3) is 0 Å². The van der Waals surface area contributed by atoms with Crippen molar-refractivity contribution in [2.75, 3.05) is 7.05 Å². The summed E-state index contributed by atoms with van der Waals surface area (Å²) < 4.78 is 0. The summed E-state index contributed by atoms with van der Waals surface area (Å²) in [5.41, 5.74) is 7.78. The molecule has 0 amide bonds. The Morgan fingerprint density at radius 3 is 2.15 bits per heavy atom. The maximum absolute atomic E-state index is 3.66. The molecule has 0 spiro atoms. The number of hydrogen-bond donors (Lipinski definition) is 2. The fourth-order valence-corrected chi connectivity index (χ4v) is 0.852. The second kappa shape index (κ2) is 6.31. The van der Waals surface area contributed by atoms with Crippen LogP contribution in [0.15, 0.2) is 36.7 Å². The van der Waals surface area contributed by atoms with E-state index in [0.29, 0.717) is 0 Å². The molecule has 74 valence electrons. The van der Waals surface area contributed by atoms with E-state index in [2.05, 4.69) is 38.0 Å². The molecule has 0 aliphatic carbocycles. The number of hydrogen-bond acceptors (Lipinski definition) is 3. The van der Waals surface area contributed by atoms with E-state index in [4.69, 9.17) is 0 Å². The van der Waals surface area contributed by atoms with Crippen LogP contribution in [-0.2, 0) is 0 Å². The lowest BCUT2D eigenvalue weighted by Crippen LogP contribution is -2.34. The van der Waals surface area contributed by atoms with E-state index < -0.39 is 0 Å². The van der Waals surface area contributed by atoms with Crippen LogP contribution in [0.3, 0.4) is 0 Å². The molecule has 0 radical (unpaired) electrons. The van der Waals surface area contributed by atoms with Gasteiger partial charge in [0.1, 0.15) is 0 Å². The first kappa shape index (κ1) is 11.8. The third-order valence-electron chi connectivity index (χ3n) is 1.39. The van der Waals surface area contributed by atoms with Crippen molar-refractivity contribution in [3.8, 4) is 0 Å². The van der Waals surface area contributed by atoms with Crippen molar-refractivity contribution in [1.82, 2.24) is 16.0 Å². The fraction of sp³-hybridized carbons (Fsp3) is 0.400. The molecule has 0 fully saturated rings. The van der Waals surface area contributed by atoms with Crippen LogP contribution in [-0.4, -0.2) is 12.1 Å². The van der Waals surface area contributed by atoms with Gasteiger partial charge < -0.3 is 5.43 Å². The van der Waals surface area contributed by atoms with Gasteiger partial charge in [-0.05, 0) is 12.2 Å². The summed E-state index contributed by atoms with van der Waals surface area (Å²) in [5.74, 6) is 0. The minimum Gasteiger partial charge on any atom is -0.302 e. The summed E-state index contributed by atoms with van der Waals surface area (Å²) in [6, 6.07) is 0. The number of nitrogens with zero attached hydrogens (tertiary/aromatic N) is 1. The van der Waals surface area contributed by atoms with E-state index in [0.717, 1.165) is 11.4 Å². The number of likely N-dealkylation sites (N-methyl/N-ethyl adjacent to an activating group) is 1. The highest BCUT2D eigenvalue weighted by molar-refractivity contribution is 5.30. The van der Waals surface area contributed by atoms with Crippen molar-refractivity contribution in [1.29, 1.82) is 0 Å². The van der Waals surface area contributed by atoms with Gasteiger partial charge in [-0.3, -0.25) is 5.01 Å². The maximum atomic E-state index is 3.66. The van der Waals surface area contributed by atoms with Crippen molar-refractivity contribution in [2.24, 2.45) is 0 Å². The average molecular weight is 181 g/mol. The molecular weight excluding hydrogens is 162 g/mol. The lowest BCUT2D eigenvalue weighted by Gasteiger charge is -2.10. The zero-order valence-electron chi connectivity index (χ0n) is 8.72. The van der Waals surface area contributed by atoms with Crippen LogP contribution >= 0.6 is 0 Å². The van der Waals surface area contributed by atoms with Crippen LogP contribution in [0.4, 0.5) is 0 Å². The standard InChI is InChI=1S/C7H11N3.C3H8/c1-4-6-7(5-2)10(3)9-8-6;1-3-2/h4-5,8-9H,1-2H2,3H3;3H2,1-2H3. The van der Waals surface area contributed by atoms with Gasteiger partial charge >= 0.3 is 0 Å². The summed E-state index contributed by atoms with van der Waals surface area (Å²) in [4.78, 5) is 0. The topological polar surface area (TPSA) is 27.3 Å². The molecule has 0 saturated heterocycles. The van der Waals surface area contributed by atoms with Gasteiger partial charge in [0.05, 0.1) is 11.4 Å². The second-order valence-electron chi connectivity index (χ2n) is 2.71. The van der Waals surface area contributed by atoms with Gasteiger partial charge in [-0.2, -0.15) is 0 Å². The summed E-state index contributed by atoms with van der Waals surface area (Å²) in [5, 5.41) is 1.84.